The smallest absolute Gasteiger partial charge is 0.416 e. The van der Waals surface area contributed by atoms with Crippen molar-refractivity contribution in [2.75, 3.05) is 0 Å². The predicted molar refractivity (Wildman–Crippen MR) is 73.5 cm³/mol. The molecule has 0 aliphatic heterocycles. The van der Waals surface area contributed by atoms with E-state index in [-0.39, 0.29) is 17.9 Å². The lowest BCUT2D eigenvalue weighted by Crippen LogP contribution is -2.28. The van der Waals surface area contributed by atoms with Crippen molar-refractivity contribution in [3.05, 3.63) is 35.4 Å². The van der Waals surface area contributed by atoms with Gasteiger partial charge >= 0.3 is 12.1 Å². The van der Waals surface area contributed by atoms with Gasteiger partial charge in [0.1, 0.15) is 0 Å². The van der Waals surface area contributed by atoms with E-state index in [2.05, 4.69) is 0 Å². The van der Waals surface area contributed by atoms with E-state index in [4.69, 9.17) is 0 Å². The Morgan fingerprint density at radius 3 is 2.50 bits per heavy atom. The van der Waals surface area contributed by atoms with Crippen molar-refractivity contribution >= 4 is 11.8 Å². The first-order valence-corrected chi connectivity index (χ1v) is 7.22. The number of ketones is 1. The highest BCUT2D eigenvalue weighted by Gasteiger charge is 2.34. The number of alkyl halides is 3. The number of carboxylic acids is 1. The molecule has 0 amide bonds. The third kappa shape index (κ3) is 3.87. The zero-order valence-corrected chi connectivity index (χ0v) is 11.9. The summed E-state index contributed by atoms with van der Waals surface area (Å²) in [7, 11) is 0. The lowest BCUT2D eigenvalue weighted by Gasteiger charge is -2.28. The number of carboxylic acid groups (broad SMARTS) is 1. The van der Waals surface area contributed by atoms with Crippen molar-refractivity contribution in [3.63, 3.8) is 0 Å². The van der Waals surface area contributed by atoms with Crippen LogP contribution < -0.4 is 0 Å². The van der Waals surface area contributed by atoms with Gasteiger partial charge in [-0.15, -0.1) is 0 Å². The first kappa shape index (κ1) is 16.5. The van der Waals surface area contributed by atoms with E-state index in [0.29, 0.717) is 12.8 Å². The Labute approximate surface area is 126 Å². The topological polar surface area (TPSA) is 54.4 Å². The molecule has 0 radical (unpaired) electrons. The Hall–Kier alpha value is -1.85. The Morgan fingerprint density at radius 1 is 1.18 bits per heavy atom. The highest BCUT2D eigenvalue weighted by molar-refractivity contribution is 5.96. The van der Waals surface area contributed by atoms with Crippen LogP contribution >= 0.6 is 0 Å². The molecule has 1 aliphatic rings. The third-order valence-electron chi connectivity index (χ3n) is 4.19. The van der Waals surface area contributed by atoms with Crippen LogP contribution in [0.2, 0.25) is 0 Å². The van der Waals surface area contributed by atoms with Gasteiger partial charge in [0, 0.05) is 12.0 Å². The Balaban J connectivity index is 2.13. The summed E-state index contributed by atoms with van der Waals surface area (Å²) in [6, 6.07) is 4.29. The molecular formula is C16H17F3O3. The average molecular weight is 314 g/mol. The molecule has 0 unspecified atom stereocenters. The first-order valence-electron chi connectivity index (χ1n) is 7.22. The molecule has 1 aromatic carbocycles. The molecule has 1 fully saturated rings. The van der Waals surface area contributed by atoms with E-state index in [0.717, 1.165) is 25.0 Å². The largest absolute Gasteiger partial charge is 0.481 e. The summed E-state index contributed by atoms with van der Waals surface area (Å²) in [6.45, 7) is 0. The maximum Gasteiger partial charge on any atom is 0.416 e. The number of halogens is 3. The SMILES string of the molecule is O=C(C[C@H]1CCCC[C@@H]1C(=O)O)c1cccc(C(F)(F)F)c1. The molecule has 0 saturated heterocycles. The highest BCUT2D eigenvalue weighted by atomic mass is 19.4. The number of hydrogen-bond donors (Lipinski definition) is 1. The second kappa shape index (κ2) is 6.50. The van der Waals surface area contributed by atoms with Crippen molar-refractivity contribution in [1.82, 2.24) is 0 Å². The summed E-state index contributed by atoms with van der Waals surface area (Å²) in [5.74, 6) is -2.23. The van der Waals surface area contributed by atoms with Gasteiger partial charge in [0.2, 0.25) is 0 Å². The van der Waals surface area contributed by atoms with Gasteiger partial charge in [-0.3, -0.25) is 9.59 Å². The molecule has 1 aromatic rings. The van der Waals surface area contributed by atoms with Crippen molar-refractivity contribution in [2.45, 2.75) is 38.3 Å². The first-order chi connectivity index (χ1) is 10.3. The fourth-order valence-corrected chi connectivity index (χ4v) is 3.00. The van der Waals surface area contributed by atoms with Crippen LogP contribution in [0.5, 0.6) is 0 Å². The van der Waals surface area contributed by atoms with Crippen LogP contribution in [0, 0.1) is 11.8 Å². The second-order valence-electron chi connectivity index (χ2n) is 5.70. The van der Waals surface area contributed by atoms with Gasteiger partial charge in [-0.05, 0) is 30.9 Å². The van der Waals surface area contributed by atoms with Crippen LogP contribution in [-0.2, 0) is 11.0 Å². The summed E-state index contributed by atoms with van der Waals surface area (Å²) >= 11 is 0. The van der Waals surface area contributed by atoms with E-state index in [1.165, 1.54) is 12.1 Å². The lowest BCUT2D eigenvalue weighted by molar-refractivity contribution is -0.144. The van der Waals surface area contributed by atoms with Crippen molar-refractivity contribution < 1.29 is 27.9 Å². The summed E-state index contributed by atoms with van der Waals surface area (Å²) in [5, 5.41) is 9.18. The minimum atomic E-state index is -4.50. The molecule has 1 saturated carbocycles. The molecule has 6 heteroatoms. The van der Waals surface area contributed by atoms with Crippen LogP contribution in [0.25, 0.3) is 0 Å². The van der Waals surface area contributed by atoms with Gasteiger partial charge in [-0.25, -0.2) is 0 Å². The molecule has 2 rings (SSSR count). The maximum atomic E-state index is 12.7. The average Bonchev–Trinajstić information content (AvgIpc) is 2.47. The van der Waals surface area contributed by atoms with Gasteiger partial charge < -0.3 is 5.11 Å². The molecule has 1 aliphatic carbocycles. The fourth-order valence-electron chi connectivity index (χ4n) is 3.00. The monoisotopic (exact) mass is 314 g/mol. The predicted octanol–water partition coefficient (Wildman–Crippen LogP) is 4.17. The van der Waals surface area contributed by atoms with Gasteiger partial charge in [0.25, 0.3) is 0 Å². The molecule has 0 aromatic heterocycles. The van der Waals surface area contributed by atoms with E-state index in [1.807, 2.05) is 0 Å². The number of benzene rings is 1. The molecule has 3 nitrogen and oxygen atoms in total. The molecule has 2 atom stereocenters. The molecule has 120 valence electrons. The van der Waals surface area contributed by atoms with Crippen LogP contribution in [0.1, 0.15) is 48.0 Å². The number of hydrogen-bond acceptors (Lipinski definition) is 2. The Bertz CT molecular complexity index is 566. The molecule has 22 heavy (non-hydrogen) atoms. The normalized spacial score (nSPS) is 22.3. The minimum absolute atomic E-state index is 0.00969. The van der Waals surface area contributed by atoms with Crippen molar-refractivity contribution in [1.29, 1.82) is 0 Å². The van der Waals surface area contributed by atoms with Crippen LogP contribution in [0.4, 0.5) is 13.2 Å². The molecular weight excluding hydrogens is 297 g/mol. The summed E-state index contributed by atoms with van der Waals surface area (Å²) in [6.07, 6.45) is -1.70. The number of aliphatic carboxylic acids is 1. The van der Waals surface area contributed by atoms with Gasteiger partial charge in [-0.1, -0.05) is 25.0 Å². The Kier molecular flexibility index (Phi) is 4.88. The van der Waals surface area contributed by atoms with E-state index in [1.54, 1.807) is 0 Å². The van der Waals surface area contributed by atoms with Crippen molar-refractivity contribution in [2.24, 2.45) is 11.8 Å². The van der Waals surface area contributed by atoms with Crippen molar-refractivity contribution in [3.8, 4) is 0 Å². The molecule has 0 bridgehead atoms. The summed E-state index contributed by atoms with van der Waals surface area (Å²) in [4.78, 5) is 23.4. The van der Waals surface area contributed by atoms with Gasteiger partial charge in [0.15, 0.2) is 5.78 Å². The molecule has 0 heterocycles. The molecule has 0 spiro atoms. The number of carbonyl (C=O) groups excluding carboxylic acids is 1. The van der Waals surface area contributed by atoms with E-state index in [9.17, 15) is 27.9 Å². The minimum Gasteiger partial charge on any atom is -0.481 e. The van der Waals surface area contributed by atoms with Gasteiger partial charge in [-0.2, -0.15) is 13.2 Å². The summed E-state index contributed by atoms with van der Waals surface area (Å²) in [5.41, 5.74) is -0.874. The van der Waals surface area contributed by atoms with Gasteiger partial charge in [0.05, 0.1) is 11.5 Å². The second-order valence-corrected chi connectivity index (χ2v) is 5.70. The zero-order valence-electron chi connectivity index (χ0n) is 11.9. The summed E-state index contributed by atoms with van der Waals surface area (Å²) < 4.78 is 38.0. The van der Waals surface area contributed by atoms with E-state index < -0.39 is 29.4 Å². The van der Waals surface area contributed by atoms with Crippen LogP contribution in [0.3, 0.4) is 0 Å². The van der Waals surface area contributed by atoms with Crippen LogP contribution in [-0.4, -0.2) is 16.9 Å². The zero-order chi connectivity index (χ0) is 16.3. The number of rotatable bonds is 4. The Morgan fingerprint density at radius 2 is 1.86 bits per heavy atom. The maximum absolute atomic E-state index is 12.7. The number of carbonyl (C=O) groups is 2. The fraction of sp³-hybridized carbons (Fsp3) is 0.500. The quantitative estimate of drug-likeness (QED) is 0.849. The number of Topliss-reactive ketones (excluding diaryl/α,β-unsaturated/α-hetero) is 1. The van der Waals surface area contributed by atoms with Crippen LogP contribution in [0.15, 0.2) is 24.3 Å². The molecule has 1 N–H and O–H groups in total. The van der Waals surface area contributed by atoms with E-state index >= 15 is 0 Å². The third-order valence-corrected chi connectivity index (χ3v) is 4.19. The highest BCUT2D eigenvalue weighted by Crippen LogP contribution is 2.34. The lowest BCUT2D eigenvalue weighted by atomic mass is 9.76. The standard InChI is InChI=1S/C16H17F3O3/c17-16(18,19)12-6-3-5-11(8-12)14(20)9-10-4-1-2-7-13(10)15(21)22/h3,5-6,8,10,13H,1-2,4,7,9H2,(H,21,22)/t10-,13+/m1/s1.